The minimum Gasteiger partial charge on any atom is -0.454 e. The van der Waals surface area contributed by atoms with Gasteiger partial charge in [0.1, 0.15) is 0 Å². The van der Waals surface area contributed by atoms with E-state index in [0.29, 0.717) is 31.5 Å². The summed E-state index contributed by atoms with van der Waals surface area (Å²) in [6.07, 6.45) is 3.93. The van der Waals surface area contributed by atoms with Crippen LogP contribution < -0.4 is 20.1 Å². The highest BCUT2D eigenvalue weighted by Gasteiger charge is 2.22. The van der Waals surface area contributed by atoms with E-state index in [-0.39, 0.29) is 12.7 Å². The number of carbonyl (C=O) groups is 1. The molecule has 26 heavy (non-hydrogen) atoms. The van der Waals surface area contributed by atoms with Gasteiger partial charge in [0.05, 0.1) is 0 Å². The summed E-state index contributed by atoms with van der Waals surface area (Å²) in [6.45, 7) is 4.49. The number of aliphatic imine (C=N–C) groups is 1. The van der Waals surface area contributed by atoms with Gasteiger partial charge in [0.15, 0.2) is 17.5 Å². The number of rotatable bonds is 5. The Morgan fingerprint density at radius 2 is 2.12 bits per heavy atom. The number of benzene rings is 1. The Labute approximate surface area is 154 Å². The molecule has 1 saturated heterocycles. The molecule has 1 aromatic rings. The molecule has 7 nitrogen and oxygen atoms in total. The Bertz CT molecular complexity index is 662. The van der Waals surface area contributed by atoms with Crippen LogP contribution in [0.3, 0.4) is 0 Å². The number of ether oxygens (including phenoxy) is 2. The van der Waals surface area contributed by atoms with Crippen molar-refractivity contribution in [3.63, 3.8) is 0 Å². The summed E-state index contributed by atoms with van der Waals surface area (Å²) in [7, 11) is 1.73. The van der Waals surface area contributed by atoms with E-state index in [9.17, 15) is 4.79 Å². The molecule has 1 aromatic carbocycles. The predicted octanol–water partition coefficient (Wildman–Crippen LogP) is 1.87. The van der Waals surface area contributed by atoms with Gasteiger partial charge in [-0.15, -0.1) is 0 Å². The van der Waals surface area contributed by atoms with Crippen LogP contribution in [0.5, 0.6) is 11.5 Å². The van der Waals surface area contributed by atoms with E-state index in [2.05, 4.69) is 22.5 Å². The summed E-state index contributed by atoms with van der Waals surface area (Å²) in [5, 5.41) is 6.47. The third-order valence-corrected chi connectivity index (χ3v) is 4.88. The average Bonchev–Trinajstić information content (AvgIpc) is 3.12. The van der Waals surface area contributed by atoms with Gasteiger partial charge in [-0.1, -0.05) is 6.07 Å². The van der Waals surface area contributed by atoms with Gasteiger partial charge in [0, 0.05) is 39.1 Å². The molecular weight excluding hydrogens is 332 g/mol. The number of fused-ring (bicyclic) bond motifs is 1. The molecule has 1 unspecified atom stereocenters. The summed E-state index contributed by atoms with van der Waals surface area (Å²) in [6, 6.07) is 6.23. The van der Waals surface area contributed by atoms with Gasteiger partial charge in [-0.3, -0.25) is 9.79 Å². The van der Waals surface area contributed by atoms with Crippen LogP contribution in [0.25, 0.3) is 0 Å². The average molecular weight is 360 g/mol. The highest BCUT2D eigenvalue weighted by molar-refractivity contribution is 5.81. The first-order chi connectivity index (χ1) is 12.7. The van der Waals surface area contributed by atoms with Crippen LogP contribution in [0.15, 0.2) is 23.2 Å². The number of nitrogens with one attached hydrogen (secondary N) is 2. The van der Waals surface area contributed by atoms with Crippen molar-refractivity contribution in [1.29, 1.82) is 0 Å². The van der Waals surface area contributed by atoms with Crippen molar-refractivity contribution in [2.75, 3.05) is 26.9 Å². The fraction of sp³-hybridized carbons (Fsp3) is 0.579. The maximum absolute atomic E-state index is 12.4. The molecule has 0 aromatic heterocycles. The van der Waals surface area contributed by atoms with Gasteiger partial charge < -0.3 is 25.0 Å². The van der Waals surface area contributed by atoms with Crippen molar-refractivity contribution < 1.29 is 14.3 Å². The Morgan fingerprint density at radius 3 is 2.92 bits per heavy atom. The number of amides is 1. The first kappa shape index (κ1) is 18.4. The fourth-order valence-electron chi connectivity index (χ4n) is 3.36. The van der Waals surface area contributed by atoms with Gasteiger partial charge in [0.2, 0.25) is 12.7 Å². The number of hydrogen-bond donors (Lipinski definition) is 2. The van der Waals surface area contributed by atoms with Gasteiger partial charge in [-0.2, -0.15) is 0 Å². The molecule has 1 amide bonds. The topological polar surface area (TPSA) is 75.2 Å². The number of guanidine groups is 1. The normalized spacial score (nSPS) is 19.4. The lowest BCUT2D eigenvalue weighted by Gasteiger charge is -2.33. The monoisotopic (exact) mass is 360 g/mol. The van der Waals surface area contributed by atoms with E-state index >= 15 is 0 Å². The lowest BCUT2D eigenvalue weighted by molar-refractivity contribution is -0.134. The molecule has 3 rings (SSSR count). The molecule has 7 heteroatoms. The van der Waals surface area contributed by atoms with Crippen LogP contribution in [0.1, 0.15) is 38.2 Å². The lowest BCUT2D eigenvalue weighted by Crippen LogP contribution is -2.44. The van der Waals surface area contributed by atoms with Gasteiger partial charge >= 0.3 is 0 Å². The Balaban J connectivity index is 1.41. The number of carbonyl (C=O) groups excluding carboxylic acids is 1. The quantitative estimate of drug-likeness (QED) is 0.619. The third-order valence-electron chi connectivity index (χ3n) is 4.88. The Hall–Kier alpha value is -2.44. The largest absolute Gasteiger partial charge is 0.454 e. The Morgan fingerprint density at radius 1 is 1.27 bits per heavy atom. The lowest BCUT2D eigenvalue weighted by atomic mass is 10.0. The summed E-state index contributed by atoms with van der Waals surface area (Å²) < 4.78 is 10.7. The van der Waals surface area contributed by atoms with Gasteiger partial charge in [0.25, 0.3) is 0 Å². The number of piperidine rings is 1. The fourth-order valence-corrected chi connectivity index (χ4v) is 3.36. The number of hydrogen-bond acceptors (Lipinski definition) is 4. The summed E-state index contributed by atoms with van der Waals surface area (Å²) in [5.74, 6) is 2.45. The predicted molar refractivity (Wildman–Crippen MR) is 100 cm³/mol. The van der Waals surface area contributed by atoms with E-state index in [0.717, 1.165) is 36.4 Å². The Kier molecular flexibility index (Phi) is 6.20. The second-order valence-electron chi connectivity index (χ2n) is 6.72. The van der Waals surface area contributed by atoms with Crippen molar-refractivity contribution in [2.45, 2.75) is 45.2 Å². The summed E-state index contributed by atoms with van der Waals surface area (Å²) >= 11 is 0. The van der Waals surface area contributed by atoms with Gasteiger partial charge in [-0.25, -0.2) is 0 Å². The highest BCUT2D eigenvalue weighted by atomic mass is 16.7. The molecular formula is C19H28N4O3. The van der Waals surface area contributed by atoms with Crippen molar-refractivity contribution >= 4 is 11.9 Å². The van der Waals surface area contributed by atoms with Crippen LogP contribution >= 0.6 is 0 Å². The van der Waals surface area contributed by atoms with E-state index in [1.807, 2.05) is 23.1 Å². The first-order valence-electron chi connectivity index (χ1n) is 9.30. The van der Waals surface area contributed by atoms with E-state index in [4.69, 9.17) is 9.47 Å². The van der Waals surface area contributed by atoms with E-state index < -0.39 is 0 Å². The van der Waals surface area contributed by atoms with Crippen LogP contribution in [0.2, 0.25) is 0 Å². The second-order valence-corrected chi connectivity index (χ2v) is 6.72. The van der Waals surface area contributed by atoms with Gasteiger partial charge in [-0.05, 0) is 43.9 Å². The second kappa shape index (κ2) is 8.78. The molecule has 0 radical (unpaired) electrons. The van der Waals surface area contributed by atoms with E-state index in [1.54, 1.807) is 7.05 Å². The standard InChI is InChI=1S/C19H28N4O3/c1-14-5-3-4-10-23(14)18(24)8-9-21-19(20-2)22-12-15-6-7-16-17(11-15)26-13-25-16/h6-7,11,14H,3-5,8-10,12-13H2,1-2H3,(H2,20,21,22). The van der Waals surface area contributed by atoms with Crippen LogP contribution in [0, 0.1) is 0 Å². The minimum atomic E-state index is 0.218. The first-order valence-corrected chi connectivity index (χ1v) is 9.30. The maximum Gasteiger partial charge on any atom is 0.231 e. The molecule has 142 valence electrons. The molecule has 2 N–H and O–H groups in total. The summed E-state index contributed by atoms with van der Waals surface area (Å²) in [5.41, 5.74) is 1.08. The molecule has 0 spiro atoms. The maximum atomic E-state index is 12.4. The molecule has 0 aliphatic carbocycles. The third kappa shape index (κ3) is 4.59. The molecule has 1 fully saturated rings. The zero-order valence-electron chi connectivity index (χ0n) is 15.6. The minimum absolute atomic E-state index is 0.218. The van der Waals surface area contributed by atoms with Crippen molar-refractivity contribution in [3.8, 4) is 11.5 Å². The molecule has 0 bridgehead atoms. The van der Waals surface area contributed by atoms with Crippen molar-refractivity contribution in [2.24, 2.45) is 4.99 Å². The molecule has 2 aliphatic rings. The zero-order valence-corrected chi connectivity index (χ0v) is 15.6. The molecule has 2 heterocycles. The highest BCUT2D eigenvalue weighted by Crippen LogP contribution is 2.32. The number of nitrogens with zero attached hydrogens (tertiary/aromatic N) is 2. The van der Waals surface area contributed by atoms with Crippen molar-refractivity contribution in [1.82, 2.24) is 15.5 Å². The van der Waals surface area contributed by atoms with Crippen molar-refractivity contribution in [3.05, 3.63) is 23.8 Å². The smallest absolute Gasteiger partial charge is 0.231 e. The van der Waals surface area contributed by atoms with E-state index in [1.165, 1.54) is 6.42 Å². The van der Waals surface area contributed by atoms with Crippen LogP contribution in [-0.4, -0.2) is 49.7 Å². The van der Waals surface area contributed by atoms with Crippen LogP contribution in [-0.2, 0) is 11.3 Å². The molecule has 2 aliphatic heterocycles. The molecule has 0 saturated carbocycles. The molecule has 1 atom stereocenters. The number of likely N-dealkylation sites (tertiary alicyclic amines) is 1. The summed E-state index contributed by atoms with van der Waals surface area (Å²) in [4.78, 5) is 18.6. The van der Waals surface area contributed by atoms with Crippen LogP contribution in [0.4, 0.5) is 0 Å². The zero-order chi connectivity index (χ0) is 18.4. The SMILES string of the molecule is CN=C(NCCC(=O)N1CCCCC1C)NCc1ccc2c(c1)OCO2.